The minimum absolute atomic E-state index is 0. The molecule has 1 aromatic carbocycles. The maximum absolute atomic E-state index is 5.41. The highest BCUT2D eigenvalue weighted by Gasteiger charge is 2.14. The monoisotopic (exact) mass is 503 g/mol. The van der Waals surface area contributed by atoms with Crippen molar-refractivity contribution in [2.75, 3.05) is 66.0 Å². The molecular weight excluding hydrogens is 465 g/mol. The lowest BCUT2D eigenvalue weighted by Gasteiger charge is -2.33. The molecule has 0 radical (unpaired) electrons. The number of halogens is 1. The number of aliphatic imine (C=N–C) groups is 1. The summed E-state index contributed by atoms with van der Waals surface area (Å²) >= 11 is 0. The van der Waals surface area contributed by atoms with Crippen LogP contribution in [0.25, 0.3) is 0 Å². The Hall–Kier alpha value is -1.06. The summed E-state index contributed by atoms with van der Waals surface area (Å²) in [5, 5.41) is 6.79. The molecule has 1 fully saturated rings. The van der Waals surface area contributed by atoms with E-state index in [2.05, 4.69) is 59.4 Å². The summed E-state index contributed by atoms with van der Waals surface area (Å²) in [5.74, 6) is 1.86. The second-order valence-corrected chi connectivity index (χ2v) is 7.02. The molecule has 6 nitrogen and oxygen atoms in total. The molecule has 0 aliphatic carbocycles. The Morgan fingerprint density at radius 1 is 1.11 bits per heavy atom. The first-order chi connectivity index (χ1) is 13.2. The van der Waals surface area contributed by atoms with Crippen molar-refractivity contribution in [3.05, 3.63) is 29.3 Å². The van der Waals surface area contributed by atoms with E-state index in [-0.39, 0.29) is 24.0 Å². The van der Waals surface area contributed by atoms with Gasteiger partial charge in [0, 0.05) is 45.8 Å². The molecule has 7 heteroatoms. The first-order valence-corrected chi connectivity index (χ1v) is 10.3. The summed E-state index contributed by atoms with van der Waals surface area (Å²) in [5.41, 5.74) is 2.44. The molecule has 0 aromatic heterocycles. The smallest absolute Gasteiger partial charge is 0.191 e. The van der Waals surface area contributed by atoms with Gasteiger partial charge in [-0.1, -0.05) is 19.1 Å². The van der Waals surface area contributed by atoms with Crippen molar-refractivity contribution < 1.29 is 4.74 Å². The van der Waals surface area contributed by atoms with Gasteiger partial charge in [-0.2, -0.15) is 0 Å². The number of piperazine rings is 1. The Balaban J connectivity index is 0.00000392. The zero-order valence-corrected chi connectivity index (χ0v) is 20.3. The number of ether oxygens (including phenoxy) is 1. The topological polar surface area (TPSA) is 52.1 Å². The van der Waals surface area contributed by atoms with Crippen LogP contribution in [0.3, 0.4) is 0 Å². The third-order valence-electron chi connectivity index (χ3n) is 5.12. The van der Waals surface area contributed by atoms with Gasteiger partial charge in [-0.25, -0.2) is 0 Å². The van der Waals surface area contributed by atoms with E-state index in [1.807, 2.05) is 0 Å². The number of methoxy groups -OCH3 is 1. The Kier molecular flexibility index (Phi) is 12.5. The number of guanidine groups is 1. The van der Waals surface area contributed by atoms with E-state index < -0.39 is 0 Å². The number of nitrogens with zero attached hydrogens (tertiary/aromatic N) is 3. The van der Waals surface area contributed by atoms with Gasteiger partial charge < -0.3 is 20.3 Å². The number of hydrogen-bond donors (Lipinski definition) is 2. The van der Waals surface area contributed by atoms with Gasteiger partial charge >= 0.3 is 0 Å². The van der Waals surface area contributed by atoms with Crippen molar-refractivity contribution in [3.63, 3.8) is 0 Å². The van der Waals surface area contributed by atoms with E-state index in [1.165, 1.54) is 24.2 Å². The van der Waals surface area contributed by atoms with Crippen molar-refractivity contribution >= 4 is 29.9 Å². The highest BCUT2D eigenvalue weighted by atomic mass is 127. The van der Waals surface area contributed by atoms with Crippen molar-refractivity contribution in [1.29, 1.82) is 0 Å². The molecular formula is C21H38IN5O. The van der Waals surface area contributed by atoms with Crippen LogP contribution in [-0.4, -0.2) is 81.8 Å². The van der Waals surface area contributed by atoms with Crippen LogP contribution in [0, 0.1) is 6.92 Å². The van der Waals surface area contributed by atoms with Gasteiger partial charge in [0.15, 0.2) is 5.96 Å². The summed E-state index contributed by atoms with van der Waals surface area (Å²) in [6, 6.07) is 6.41. The predicted octanol–water partition coefficient (Wildman–Crippen LogP) is 2.36. The molecule has 1 heterocycles. The fraction of sp³-hybridized carbons (Fsp3) is 0.667. The quantitative estimate of drug-likeness (QED) is 0.308. The van der Waals surface area contributed by atoms with E-state index in [0.717, 1.165) is 63.9 Å². The predicted molar refractivity (Wildman–Crippen MR) is 129 cm³/mol. The minimum atomic E-state index is 0. The van der Waals surface area contributed by atoms with Crippen LogP contribution < -0.4 is 15.4 Å². The van der Waals surface area contributed by atoms with E-state index in [1.54, 1.807) is 7.11 Å². The van der Waals surface area contributed by atoms with Gasteiger partial charge in [0.05, 0.1) is 13.7 Å². The van der Waals surface area contributed by atoms with Gasteiger partial charge in [-0.3, -0.25) is 9.89 Å². The SMILES string of the molecule is CCNC(=NCCN1CCN(CC)CC1)NCCc1ccc(C)c(OC)c1.I. The average Bonchev–Trinajstić information content (AvgIpc) is 2.69. The molecule has 0 saturated carbocycles. The molecule has 0 amide bonds. The van der Waals surface area contributed by atoms with Crippen molar-refractivity contribution in [2.45, 2.75) is 27.2 Å². The van der Waals surface area contributed by atoms with Gasteiger partial charge in [-0.05, 0) is 44.0 Å². The van der Waals surface area contributed by atoms with Crippen LogP contribution in [0.1, 0.15) is 25.0 Å². The van der Waals surface area contributed by atoms with Crippen LogP contribution in [0.15, 0.2) is 23.2 Å². The van der Waals surface area contributed by atoms with E-state index in [4.69, 9.17) is 9.73 Å². The van der Waals surface area contributed by atoms with Crippen molar-refractivity contribution in [2.24, 2.45) is 4.99 Å². The lowest BCUT2D eigenvalue weighted by atomic mass is 10.1. The first kappa shape index (κ1) is 25.0. The molecule has 0 unspecified atom stereocenters. The van der Waals surface area contributed by atoms with Crippen LogP contribution in [-0.2, 0) is 6.42 Å². The molecule has 28 heavy (non-hydrogen) atoms. The molecule has 1 saturated heterocycles. The molecule has 160 valence electrons. The van der Waals surface area contributed by atoms with Crippen molar-refractivity contribution in [1.82, 2.24) is 20.4 Å². The highest BCUT2D eigenvalue weighted by molar-refractivity contribution is 14.0. The largest absolute Gasteiger partial charge is 0.496 e. The maximum atomic E-state index is 5.41. The number of likely N-dealkylation sites (N-methyl/N-ethyl adjacent to an activating group) is 1. The normalized spacial score (nSPS) is 15.8. The third kappa shape index (κ3) is 8.53. The summed E-state index contributed by atoms with van der Waals surface area (Å²) in [6.07, 6.45) is 0.944. The first-order valence-electron chi connectivity index (χ1n) is 10.3. The van der Waals surface area contributed by atoms with Crippen LogP contribution in [0.5, 0.6) is 5.75 Å². The van der Waals surface area contributed by atoms with Gasteiger partial charge in [0.2, 0.25) is 0 Å². The summed E-state index contributed by atoms with van der Waals surface area (Å²) in [7, 11) is 1.72. The number of aryl methyl sites for hydroxylation is 1. The molecule has 1 aliphatic rings. The number of nitrogens with one attached hydrogen (secondary N) is 2. The summed E-state index contributed by atoms with van der Waals surface area (Å²) < 4.78 is 5.41. The molecule has 1 aliphatic heterocycles. The van der Waals surface area contributed by atoms with E-state index in [0.29, 0.717) is 0 Å². The standard InChI is InChI=1S/C21H37N5O.HI/c1-5-22-21(24-11-12-26-15-13-25(6-2)14-16-26)23-10-9-19-8-7-18(3)20(17-19)27-4;/h7-8,17H,5-6,9-16H2,1-4H3,(H2,22,23,24);1H. The van der Waals surface area contributed by atoms with Crippen LogP contribution in [0.4, 0.5) is 0 Å². The lowest BCUT2D eigenvalue weighted by Crippen LogP contribution is -2.47. The van der Waals surface area contributed by atoms with E-state index >= 15 is 0 Å². The molecule has 1 aromatic rings. The van der Waals surface area contributed by atoms with Gasteiger partial charge in [-0.15, -0.1) is 24.0 Å². The zero-order chi connectivity index (χ0) is 19.5. The number of benzene rings is 1. The summed E-state index contributed by atoms with van der Waals surface area (Å²) in [6.45, 7) is 15.8. The molecule has 2 N–H and O–H groups in total. The second kappa shape index (κ2) is 14.0. The van der Waals surface area contributed by atoms with Crippen LogP contribution >= 0.6 is 24.0 Å². The number of rotatable bonds is 9. The van der Waals surface area contributed by atoms with Crippen molar-refractivity contribution in [3.8, 4) is 5.75 Å². The number of hydrogen-bond acceptors (Lipinski definition) is 4. The lowest BCUT2D eigenvalue weighted by molar-refractivity contribution is 0.140. The Bertz CT molecular complexity index is 588. The van der Waals surface area contributed by atoms with Gasteiger partial charge in [0.25, 0.3) is 0 Å². The minimum Gasteiger partial charge on any atom is -0.496 e. The highest BCUT2D eigenvalue weighted by Crippen LogP contribution is 2.18. The third-order valence-corrected chi connectivity index (χ3v) is 5.12. The van der Waals surface area contributed by atoms with E-state index in [9.17, 15) is 0 Å². The molecule has 0 spiro atoms. The van der Waals surface area contributed by atoms with Gasteiger partial charge in [0.1, 0.15) is 5.75 Å². The Morgan fingerprint density at radius 2 is 1.82 bits per heavy atom. The fourth-order valence-corrected chi connectivity index (χ4v) is 3.32. The zero-order valence-electron chi connectivity index (χ0n) is 18.0. The fourth-order valence-electron chi connectivity index (χ4n) is 3.32. The molecule has 0 bridgehead atoms. The van der Waals surface area contributed by atoms with Crippen LogP contribution in [0.2, 0.25) is 0 Å². The average molecular weight is 503 g/mol. The summed E-state index contributed by atoms with van der Waals surface area (Å²) in [4.78, 5) is 9.76. The Labute approximate surface area is 188 Å². The Morgan fingerprint density at radius 3 is 2.46 bits per heavy atom. The maximum Gasteiger partial charge on any atom is 0.191 e. The second-order valence-electron chi connectivity index (χ2n) is 7.02. The molecule has 0 atom stereocenters. The molecule has 2 rings (SSSR count).